The van der Waals surface area contributed by atoms with Crippen LogP contribution >= 0.6 is 11.3 Å². The number of hydrogen-bond donors (Lipinski definition) is 3. The first-order valence-corrected chi connectivity index (χ1v) is 7.36. The second-order valence-corrected chi connectivity index (χ2v) is 6.18. The summed E-state index contributed by atoms with van der Waals surface area (Å²) in [7, 11) is 0. The van der Waals surface area contributed by atoms with Gasteiger partial charge in [0.2, 0.25) is 0 Å². The summed E-state index contributed by atoms with van der Waals surface area (Å²) >= 11 is 1.31. The van der Waals surface area contributed by atoms with Crippen molar-refractivity contribution in [3.05, 3.63) is 4.88 Å². The number of aromatic nitrogens is 1. The summed E-state index contributed by atoms with van der Waals surface area (Å²) in [5.41, 5.74) is 11.7. The quantitative estimate of drug-likeness (QED) is 0.772. The topological polar surface area (TPSA) is 97.3 Å². The van der Waals surface area contributed by atoms with Gasteiger partial charge in [0, 0.05) is 25.2 Å². The summed E-state index contributed by atoms with van der Waals surface area (Å²) in [6.45, 7) is 5.38. The summed E-state index contributed by atoms with van der Waals surface area (Å²) in [5.74, 6) is 0.249. The van der Waals surface area contributed by atoms with Gasteiger partial charge in [0.05, 0.1) is 0 Å². The van der Waals surface area contributed by atoms with Gasteiger partial charge in [0.1, 0.15) is 10.7 Å². The molecular weight excluding hydrogens is 262 g/mol. The van der Waals surface area contributed by atoms with Gasteiger partial charge in [-0.1, -0.05) is 11.3 Å². The van der Waals surface area contributed by atoms with Crippen LogP contribution in [0.15, 0.2) is 0 Å². The van der Waals surface area contributed by atoms with Crippen LogP contribution in [0, 0.1) is 0 Å². The van der Waals surface area contributed by atoms with E-state index in [1.165, 1.54) is 11.3 Å². The van der Waals surface area contributed by atoms with Crippen molar-refractivity contribution in [1.29, 1.82) is 0 Å². The first kappa shape index (κ1) is 14.1. The highest BCUT2D eigenvalue weighted by Crippen LogP contribution is 2.27. The van der Waals surface area contributed by atoms with Crippen LogP contribution in [0.3, 0.4) is 0 Å². The third kappa shape index (κ3) is 3.36. The number of anilines is 2. The van der Waals surface area contributed by atoms with Gasteiger partial charge in [-0.3, -0.25) is 4.79 Å². The molecule has 1 aliphatic heterocycles. The zero-order valence-electron chi connectivity index (χ0n) is 11.3. The number of thiazole rings is 1. The third-order valence-electron chi connectivity index (χ3n) is 3.00. The van der Waals surface area contributed by atoms with Crippen LogP contribution in [-0.2, 0) is 0 Å². The second-order valence-electron chi connectivity index (χ2n) is 5.19. The Kier molecular flexibility index (Phi) is 4.26. The van der Waals surface area contributed by atoms with E-state index in [0.29, 0.717) is 22.4 Å². The summed E-state index contributed by atoms with van der Waals surface area (Å²) in [6.07, 6.45) is 1.92. The van der Waals surface area contributed by atoms with Crippen LogP contribution in [-0.4, -0.2) is 41.0 Å². The molecule has 1 saturated heterocycles. The van der Waals surface area contributed by atoms with Gasteiger partial charge in [-0.25, -0.2) is 4.98 Å². The van der Waals surface area contributed by atoms with Crippen LogP contribution in [0.4, 0.5) is 10.9 Å². The van der Waals surface area contributed by atoms with Crippen LogP contribution in [0.1, 0.15) is 36.4 Å². The molecule has 1 unspecified atom stereocenters. The Balaban J connectivity index is 2.12. The maximum absolute atomic E-state index is 12.4. The van der Waals surface area contributed by atoms with Gasteiger partial charge in [0.25, 0.3) is 5.91 Å². The maximum atomic E-state index is 12.4. The highest BCUT2D eigenvalue weighted by Gasteiger charge is 2.26. The Morgan fingerprint density at radius 2 is 2.32 bits per heavy atom. The van der Waals surface area contributed by atoms with E-state index in [9.17, 15) is 4.79 Å². The van der Waals surface area contributed by atoms with E-state index in [1.807, 2.05) is 13.8 Å². The number of carbonyl (C=O) groups excluding carboxylic acids is 1. The van der Waals surface area contributed by atoms with E-state index in [0.717, 1.165) is 19.4 Å². The minimum atomic E-state index is -0.0537. The molecule has 2 rings (SSSR count). The summed E-state index contributed by atoms with van der Waals surface area (Å²) in [6, 6.07) is 0.331. The van der Waals surface area contributed by atoms with Crippen LogP contribution in [0.25, 0.3) is 0 Å². The van der Waals surface area contributed by atoms with Crippen molar-refractivity contribution >= 4 is 28.2 Å². The lowest BCUT2D eigenvalue weighted by Gasteiger charge is -2.30. The van der Waals surface area contributed by atoms with Gasteiger partial charge >= 0.3 is 0 Å². The van der Waals surface area contributed by atoms with Gasteiger partial charge in [-0.2, -0.15) is 0 Å². The molecule has 7 heteroatoms. The fourth-order valence-electron chi connectivity index (χ4n) is 2.13. The number of nitrogens with zero attached hydrogens (tertiary/aromatic N) is 2. The molecule has 106 valence electrons. The molecule has 0 spiro atoms. The molecule has 2 heterocycles. The van der Waals surface area contributed by atoms with Crippen LogP contribution in [0.2, 0.25) is 0 Å². The van der Waals surface area contributed by atoms with Gasteiger partial charge in [-0.15, -0.1) is 0 Å². The van der Waals surface area contributed by atoms with E-state index >= 15 is 0 Å². The predicted octanol–water partition coefficient (Wildman–Crippen LogP) is 1.11. The zero-order chi connectivity index (χ0) is 14.0. The van der Waals surface area contributed by atoms with E-state index in [4.69, 9.17) is 11.5 Å². The lowest BCUT2D eigenvalue weighted by molar-refractivity contribution is 0.0714. The fraction of sp³-hybridized carbons (Fsp3) is 0.667. The molecule has 6 nitrogen and oxygen atoms in total. The molecule has 0 saturated carbocycles. The van der Waals surface area contributed by atoms with E-state index < -0.39 is 0 Å². The Bertz CT molecular complexity index is 459. The monoisotopic (exact) mass is 283 g/mol. The Labute approximate surface area is 117 Å². The smallest absolute Gasteiger partial charge is 0.267 e. The molecule has 1 amide bonds. The largest absolute Gasteiger partial charge is 0.382 e. The number of likely N-dealkylation sites (tertiary alicyclic amines) is 1. The lowest BCUT2D eigenvalue weighted by atomic mass is 10.1. The zero-order valence-corrected chi connectivity index (χ0v) is 12.2. The standard InChI is InChI=1S/C12H21N5OS/c1-7(2)15-12-16-10(14)9(19-12)11(18)17-5-3-4-8(13)6-17/h7-8H,3-6,13-14H2,1-2H3,(H,15,16). The van der Waals surface area contributed by atoms with Crippen molar-refractivity contribution in [2.24, 2.45) is 5.73 Å². The minimum absolute atomic E-state index is 0.0537. The highest BCUT2D eigenvalue weighted by atomic mass is 32.1. The number of piperidine rings is 1. The second kappa shape index (κ2) is 5.75. The summed E-state index contributed by atoms with van der Waals surface area (Å²) < 4.78 is 0. The van der Waals surface area contributed by atoms with E-state index in [-0.39, 0.29) is 18.0 Å². The number of nitrogens with one attached hydrogen (secondary N) is 1. The normalized spacial score (nSPS) is 19.8. The molecule has 1 aliphatic rings. The molecular formula is C12H21N5OS. The van der Waals surface area contributed by atoms with Gasteiger partial charge in [0.15, 0.2) is 5.13 Å². The van der Waals surface area contributed by atoms with Crippen molar-refractivity contribution in [3.8, 4) is 0 Å². The molecule has 19 heavy (non-hydrogen) atoms. The Hall–Kier alpha value is -1.34. The maximum Gasteiger partial charge on any atom is 0.267 e. The van der Waals surface area contributed by atoms with Crippen LogP contribution in [0.5, 0.6) is 0 Å². The molecule has 1 aromatic rings. The minimum Gasteiger partial charge on any atom is -0.382 e. The average Bonchev–Trinajstić information content (AvgIpc) is 2.68. The SMILES string of the molecule is CC(C)Nc1nc(N)c(C(=O)N2CCCC(N)C2)s1. The average molecular weight is 283 g/mol. The van der Waals surface area contributed by atoms with E-state index in [2.05, 4.69) is 10.3 Å². The Morgan fingerprint density at radius 3 is 2.95 bits per heavy atom. The number of nitrogen functional groups attached to an aromatic ring is 1. The molecule has 5 N–H and O–H groups in total. The van der Waals surface area contributed by atoms with Crippen molar-refractivity contribution in [2.75, 3.05) is 24.1 Å². The summed E-state index contributed by atoms with van der Waals surface area (Å²) in [5, 5.41) is 3.86. The molecule has 0 aliphatic carbocycles. The molecule has 1 fully saturated rings. The van der Waals surface area contributed by atoms with Crippen molar-refractivity contribution in [3.63, 3.8) is 0 Å². The Morgan fingerprint density at radius 1 is 1.58 bits per heavy atom. The number of nitrogens with two attached hydrogens (primary N) is 2. The van der Waals surface area contributed by atoms with Gasteiger partial charge < -0.3 is 21.7 Å². The molecule has 0 bridgehead atoms. The van der Waals surface area contributed by atoms with E-state index in [1.54, 1.807) is 4.90 Å². The van der Waals surface area contributed by atoms with Crippen molar-refractivity contribution in [2.45, 2.75) is 38.8 Å². The predicted molar refractivity (Wildman–Crippen MR) is 78.4 cm³/mol. The van der Waals surface area contributed by atoms with Crippen molar-refractivity contribution < 1.29 is 4.79 Å². The highest BCUT2D eigenvalue weighted by molar-refractivity contribution is 7.18. The number of carbonyl (C=O) groups is 1. The van der Waals surface area contributed by atoms with Gasteiger partial charge in [-0.05, 0) is 26.7 Å². The molecule has 0 radical (unpaired) electrons. The third-order valence-corrected chi connectivity index (χ3v) is 4.00. The first-order chi connectivity index (χ1) is 8.97. The fourth-order valence-corrected chi connectivity index (χ4v) is 3.13. The molecule has 0 aromatic carbocycles. The number of rotatable bonds is 3. The molecule has 1 aromatic heterocycles. The summed E-state index contributed by atoms with van der Waals surface area (Å²) in [4.78, 5) is 18.9. The van der Waals surface area contributed by atoms with Crippen LogP contribution < -0.4 is 16.8 Å². The molecule has 1 atom stereocenters. The van der Waals surface area contributed by atoms with Crippen molar-refractivity contribution in [1.82, 2.24) is 9.88 Å². The first-order valence-electron chi connectivity index (χ1n) is 6.55. The number of hydrogen-bond acceptors (Lipinski definition) is 6. The number of amides is 1. The lowest BCUT2D eigenvalue weighted by Crippen LogP contribution is -2.45.